The van der Waals surface area contributed by atoms with Gasteiger partial charge in [-0.25, -0.2) is 0 Å². The number of carbonyl (C=O) groups excluding carboxylic acids is 2. The molecule has 4 rings (SSSR count). The number of nitrogens with zero attached hydrogens (tertiary/aromatic N) is 1. The summed E-state index contributed by atoms with van der Waals surface area (Å²) in [6, 6.07) is 13.4. The van der Waals surface area contributed by atoms with Crippen LogP contribution in [0.4, 0.5) is 5.69 Å². The summed E-state index contributed by atoms with van der Waals surface area (Å²) in [6.07, 6.45) is 0.904. The molecule has 0 saturated carbocycles. The van der Waals surface area contributed by atoms with Gasteiger partial charge in [0.05, 0.1) is 0 Å². The van der Waals surface area contributed by atoms with Gasteiger partial charge < -0.3 is 10.2 Å². The molecule has 1 aliphatic heterocycles. The van der Waals surface area contributed by atoms with Crippen LogP contribution in [0, 0.1) is 20.8 Å². The molecule has 0 fully saturated rings. The van der Waals surface area contributed by atoms with Gasteiger partial charge in [0.2, 0.25) is 0 Å². The molecular formula is C24H24N2O2S. The number of nitrogens with one attached hydrogen (secondary N) is 1. The van der Waals surface area contributed by atoms with E-state index in [4.69, 9.17) is 0 Å². The first-order valence-electron chi connectivity index (χ1n) is 9.76. The van der Waals surface area contributed by atoms with E-state index >= 15 is 0 Å². The van der Waals surface area contributed by atoms with E-state index < -0.39 is 0 Å². The van der Waals surface area contributed by atoms with Crippen molar-refractivity contribution >= 4 is 28.8 Å². The number of hydrogen-bond acceptors (Lipinski definition) is 3. The smallest absolute Gasteiger partial charge is 0.255 e. The quantitative estimate of drug-likeness (QED) is 0.658. The number of fused-ring (bicyclic) bond motifs is 1. The summed E-state index contributed by atoms with van der Waals surface area (Å²) in [5.74, 6) is -0.146. The van der Waals surface area contributed by atoms with Crippen molar-refractivity contribution in [1.29, 1.82) is 0 Å². The summed E-state index contributed by atoms with van der Waals surface area (Å²) in [6.45, 7) is 7.23. The summed E-state index contributed by atoms with van der Waals surface area (Å²) in [5, 5.41) is 5.07. The molecule has 1 N–H and O–H groups in total. The molecular weight excluding hydrogens is 380 g/mol. The number of aryl methyl sites for hydroxylation is 2. The minimum Gasteiger partial charge on any atom is -0.334 e. The standard InChI is InChI=1S/C24H24N2O2S/c1-15-11-16(2)13-19(12-15)23(27)25-21-6-4-5-20(17(21)3)24(28)26-9-7-22-18(14-26)8-10-29-22/h4-6,8,10-13H,7,9,14H2,1-3H3,(H,25,27). The molecule has 4 nitrogen and oxygen atoms in total. The predicted molar refractivity (Wildman–Crippen MR) is 118 cm³/mol. The molecule has 0 atom stereocenters. The summed E-state index contributed by atoms with van der Waals surface area (Å²) >= 11 is 1.76. The van der Waals surface area contributed by atoms with Crippen molar-refractivity contribution in [3.63, 3.8) is 0 Å². The van der Waals surface area contributed by atoms with Gasteiger partial charge in [0.1, 0.15) is 0 Å². The Balaban J connectivity index is 1.56. The second-order valence-corrected chi connectivity index (χ2v) is 8.66. The van der Waals surface area contributed by atoms with Gasteiger partial charge in [-0.05, 0) is 74.0 Å². The fourth-order valence-corrected chi connectivity index (χ4v) is 4.78. The van der Waals surface area contributed by atoms with Crippen LogP contribution in [0.25, 0.3) is 0 Å². The molecule has 2 amide bonds. The molecule has 2 aromatic carbocycles. The topological polar surface area (TPSA) is 49.4 Å². The zero-order valence-corrected chi connectivity index (χ0v) is 17.7. The Hall–Kier alpha value is -2.92. The lowest BCUT2D eigenvalue weighted by molar-refractivity contribution is 0.0735. The lowest BCUT2D eigenvalue weighted by Crippen LogP contribution is -2.35. The van der Waals surface area contributed by atoms with Crippen molar-refractivity contribution in [3.8, 4) is 0 Å². The first-order valence-corrected chi connectivity index (χ1v) is 10.6. The maximum absolute atomic E-state index is 13.2. The van der Waals surface area contributed by atoms with Crippen molar-refractivity contribution in [2.75, 3.05) is 11.9 Å². The van der Waals surface area contributed by atoms with Crippen molar-refractivity contribution in [2.24, 2.45) is 0 Å². The highest BCUT2D eigenvalue weighted by molar-refractivity contribution is 7.10. The maximum Gasteiger partial charge on any atom is 0.255 e. The van der Waals surface area contributed by atoms with Crippen LogP contribution < -0.4 is 5.32 Å². The zero-order valence-electron chi connectivity index (χ0n) is 16.9. The van der Waals surface area contributed by atoms with E-state index in [1.807, 2.05) is 62.1 Å². The van der Waals surface area contributed by atoms with E-state index in [0.29, 0.717) is 23.4 Å². The normalized spacial score (nSPS) is 13.1. The van der Waals surface area contributed by atoms with Crippen LogP contribution >= 0.6 is 11.3 Å². The van der Waals surface area contributed by atoms with Crippen molar-refractivity contribution in [1.82, 2.24) is 4.90 Å². The number of carbonyl (C=O) groups is 2. The fraction of sp³-hybridized carbons (Fsp3) is 0.250. The minimum atomic E-state index is -0.162. The highest BCUT2D eigenvalue weighted by Gasteiger charge is 2.24. The first kappa shape index (κ1) is 19.4. The van der Waals surface area contributed by atoms with Crippen LogP contribution in [-0.4, -0.2) is 23.3 Å². The van der Waals surface area contributed by atoms with Gasteiger partial charge in [0, 0.05) is 34.8 Å². The Morgan fingerprint density at radius 2 is 1.79 bits per heavy atom. The summed E-state index contributed by atoms with van der Waals surface area (Å²) in [5.41, 5.74) is 6.08. The van der Waals surface area contributed by atoms with Crippen LogP contribution in [-0.2, 0) is 13.0 Å². The lowest BCUT2D eigenvalue weighted by atomic mass is 10.0. The summed E-state index contributed by atoms with van der Waals surface area (Å²) in [7, 11) is 0. The molecule has 0 aliphatic carbocycles. The predicted octanol–water partition coefficient (Wildman–Crippen LogP) is 5.12. The second kappa shape index (κ2) is 7.84. The van der Waals surface area contributed by atoms with Gasteiger partial charge in [-0.3, -0.25) is 9.59 Å². The third kappa shape index (κ3) is 3.96. The number of amides is 2. The monoisotopic (exact) mass is 404 g/mol. The largest absolute Gasteiger partial charge is 0.334 e. The maximum atomic E-state index is 13.2. The van der Waals surface area contributed by atoms with Crippen LogP contribution in [0.2, 0.25) is 0 Å². The Labute approximate surface area is 175 Å². The van der Waals surface area contributed by atoms with Gasteiger partial charge in [-0.1, -0.05) is 23.3 Å². The van der Waals surface area contributed by atoms with Gasteiger partial charge in [-0.15, -0.1) is 11.3 Å². The molecule has 0 bridgehead atoms. The van der Waals surface area contributed by atoms with E-state index in [-0.39, 0.29) is 11.8 Å². The second-order valence-electron chi connectivity index (χ2n) is 7.65. The zero-order chi connectivity index (χ0) is 20.5. The van der Waals surface area contributed by atoms with Crippen molar-refractivity contribution < 1.29 is 9.59 Å². The van der Waals surface area contributed by atoms with Gasteiger partial charge >= 0.3 is 0 Å². The van der Waals surface area contributed by atoms with E-state index in [1.165, 1.54) is 10.4 Å². The van der Waals surface area contributed by atoms with Crippen LogP contribution in [0.5, 0.6) is 0 Å². The highest BCUT2D eigenvalue weighted by atomic mass is 32.1. The van der Waals surface area contributed by atoms with Crippen LogP contribution in [0.1, 0.15) is 47.8 Å². The van der Waals surface area contributed by atoms with Gasteiger partial charge in [0.25, 0.3) is 11.8 Å². The average molecular weight is 405 g/mol. The van der Waals surface area contributed by atoms with Gasteiger partial charge in [0.15, 0.2) is 0 Å². The average Bonchev–Trinajstić information content (AvgIpc) is 3.16. The van der Waals surface area contributed by atoms with Gasteiger partial charge in [-0.2, -0.15) is 0 Å². The highest BCUT2D eigenvalue weighted by Crippen LogP contribution is 2.27. The molecule has 0 radical (unpaired) electrons. The molecule has 5 heteroatoms. The minimum absolute atomic E-state index is 0.0156. The van der Waals surface area contributed by atoms with E-state index in [0.717, 1.165) is 29.7 Å². The summed E-state index contributed by atoms with van der Waals surface area (Å²) < 4.78 is 0. The number of benzene rings is 2. The Kier molecular flexibility index (Phi) is 5.24. The fourth-order valence-electron chi connectivity index (χ4n) is 3.90. The van der Waals surface area contributed by atoms with Crippen LogP contribution in [0.3, 0.4) is 0 Å². The summed E-state index contributed by atoms with van der Waals surface area (Å²) in [4.78, 5) is 29.2. The molecule has 3 aromatic rings. The third-order valence-corrected chi connectivity index (χ3v) is 6.41. The molecule has 1 aliphatic rings. The number of anilines is 1. The number of thiophene rings is 1. The van der Waals surface area contributed by atoms with E-state index in [1.54, 1.807) is 11.3 Å². The van der Waals surface area contributed by atoms with E-state index in [9.17, 15) is 9.59 Å². The third-order valence-electron chi connectivity index (χ3n) is 5.39. The van der Waals surface area contributed by atoms with Crippen molar-refractivity contribution in [2.45, 2.75) is 33.7 Å². The molecule has 0 unspecified atom stereocenters. The molecule has 0 saturated heterocycles. The number of rotatable bonds is 3. The molecule has 148 valence electrons. The van der Waals surface area contributed by atoms with Crippen molar-refractivity contribution in [3.05, 3.63) is 86.1 Å². The molecule has 0 spiro atoms. The Morgan fingerprint density at radius 1 is 1.03 bits per heavy atom. The molecule has 2 heterocycles. The Bertz CT molecular complexity index is 1080. The molecule has 29 heavy (non-hydrogen) atoms. The van der Waals surface area contributed by atoms with Crippen LogP contribution in [0.15, 0.2) is 47.8 Å². The molecule has 1 aromatic heterocycles. The first-order chi connectivity index (χ1) is 13.9. The lowest BCUT2D eigenvalue weighted by Gasteiger charge is -2.28. The SMILES string of the molecule is Cc1cc(C)cc(C(=O)Nc2cccc(C(=O)N3CCc4sccc4C3)c2C)c1. The number of hydrogen-bond donors (Lipinski definition) is 1. The Morgan fingerprint density at radius 3 is 2.55 bits per heavy atom. The van der Waals surface area contributed by atoms with E-state index in [2.05, 4.69) is 16.8 Å².